The highest BCUT2D eigenvalue weighted by Crippen LogP contribution is 2.27. The Kier molecular flexibility index (Phi) is 5.84. The van der Waals surface area contributed by atoms with Crippen LogP contribution in [0.4, 0.5) is 5.69 Å². The Hall–Kier alpha value is -2.07. The summed E-state index contributed by atoms with van der Waals surface area (Å²) in [5.74, 6) is 1.26. The number of aryl methyl sites for hydroxylation is 2. The second-order valence-corrected chi connectivity index (χ2v) is 6.80. The Balaban J connectivity index is 2.10. The normalized spacial score (nSPS) is 12.7. The fourth-order valence-corrected chi connectivity index (χ4v) is 2.70. The molecule has 0 aliphatic rings. The summed E-state index contributed by atoms with van der Waals surface area (Å²) in [7, 11) is 1.94. The third-order valence-electron chi connectivity index (χ3n) is 4.58. The summed E-state index contributed by atoms with van der Waals surface area (Å²) in [6.45, 7) is 10.8. The van der Waals surface area contributed by atoms with Gasteiger partial charge < -0.3 is 9.73 Å². The molecular weight excluding hydrogens is 300 g/mol. The molecule has 1 aromatic carbocycles. The van der Waals surface area contributed by atoms with Gasteiger partial charge in [-0.2, -0.15) is 0 Å². The fourth-order valence-electron chi connectivity index (χ4n) is 2.70. The number of carbonyl (C=O) groups is 1. The number of rotatable bonds is 6. The number of para-hydroxylation sites is 1. The maximum absolute atomic E-state index is 12.7. The molecule has 1 amide bonds. The Labute approximate surface area is 144 Å². The standard InChI is InChI=1S/C20H28N2O2/c1-13(2)17-9-7-8-15(4)19(17)21-20(23)16(5)22(6)12-18-14(3)10-11-24-18/h7-11,13,16H,12H2,1-6H3,(H,21,23). The van der Waals surface area contributed by atoms with Crippen LogP contribution in [0.5, 0.6) is 0 Å². The number of hydrogen-bond donors (Lipinski definition) is 1. The summed E-state index contributed by atoms with van der Waals surface area (Å²) in [4.78, 5) is 14.7. The van der Waals surface area contributed by atoms with Crippen LogP contribution in [0, 0.1) is 13.8 Å². The topological polar surface area (TPSA) is 45.5 Å². The van der Waals surface area contributed by atoms with Crippen molar-refractivity contribution in [2.24, 2.45) is 0 Å². The van der Waals surface area contributed by atoms with E-state index >= 15 is 0 Å². The van der Waals surface area contributed by atoms with E-state index in [0.29, 0.717) is 12.5 Å². The van der Waals surface area contributed by atoms with Crippen molar-refractivity contribution in [3.8, 4) is 0 Å². The Bertz CT molecular complexity index is 703. The third kappa shape index (κ3) is 4.06. The molecule has 0 aliphatic heterocycles. The van der Waals surface area contributed by atoms with Crippen LogP contribution in [0.1, 0.15) is 49.1 Å². The molecule has 0 spiro atoms. The number of benzene rings is 1. The fraction of sp³-hybridized carbons (Fsp3) is 0.450. The van der Waals surface area contributed by atoms with Crippen molar-refractivity contribution in [3.05, 3.63) is 53.0 Å². The van der Waals surface area contributed by atoms with Crippen molar-refractivity contribution in [3.63, 3.8) is 0 Å². The van der Waals surface area contributed by atoms with Crippen LogP contribution >= 0.6 is 0 Å². The van der Waals surface area contributed by atoms with E-state index in [4.69, 9.17) is 4.42 Å². The summed E-state index contributed by atoms with van der Waals surface area (Å²) >= 11 is 0. The predicted octanol–water partition coefficient (Wildman–Crippen LogP) is 4.48. The Morgan fingerprint density at radius 1 is 1.17 bits per heavy atom. The molecule has 0 bridgehead atoms. The lowest BCUT2D eigenvalue weighted by atomic mass is 9.98. The smallest absolute Gasteiger partial charge is 0.241 e. The van der Waals surface area contributed by atoms with Gasteiger partial charge in [0.15, 0.2) is 0 Å². The quantitative estimate of drug-likeness (QED) is 0.850. The van der Waals surface area contributed by atoms with Crippen LogP contribution in [-0.2, 0) is 11.3 Å². The number of nitrogens with one attached hydrogen (secondary N) is 1. The zero-order valence-corrected chi connectivity index (χ0v) is 15.5. The van der Waals surface area contributed by atoms with E-state index in [1.165, 1.54) is 5.56 Å². The molecule has 130 valence electrons. The van der Waals surface area contributed by atoms with E-state index in [2.05, 4.69) is 25.2 Å². The molecule has 24 heavy (non-hydrogen) atoms. The first-order valence-electron chi connectivity index (χ1n) is 8.44. The molecule has 1 aromatic heterocycles. The van der Waals surface area contributed by atoms with E-state index in [1.807, 2.05) is 50.9 Å². The van der Waals surface area contributed by atoms with Gasteiger partial charge in [-0.05, 0) is 56.5 Å². The zero-order valence-electron chi connectivity index (χ0n) is 15.5. The number of furan rings is 1. The van der Waals surface area contributed by atoms with E-state index in [-0.39, 0.29) is 11.9 Å². The van der Waals surface area contributed by atoms with Crippen molar-refractivity contribution < 1.29 is 9.21 Å². The predicted molar refractivity (Wildman–Crippen MR) is 98.3 cm³/mol. The average molecular weight is 328 g/mol. The molecule has 0 saturated carbocycles. The lowest BCUT2D eigenvalue weighted by molar-refractivity contribution is -0.120. The Morgan fingerprint density at radius 2 is 1.88 bits per heavy atom. The largest absolute Gasteiger partial charge is 0.468 e. The molecule has 4 nitrogen and oxygen atoms in total. The minimum Gasteiger partial charge on any atom is -0.468 e. The van der Waals surface area contributed by atoms with Gasteiger partial charge in [0.2, 0.25) is 5.91 Å². The van der Waals surface area contributed by atoms with Crippen molar-refractivity contribution >= 4 is 11.6 Å². The molecule has 1 N–H and O–H groups in total. The summed E-state index contributed by atoms with van der Waals surface area (Å²) in [6, 6.07) is 7.83. The van der Waals surface area contributed by atoms with Crippen LogP contribution in [0.15, 0.2) is 34.9 Å². The monoisotopic (exact) mass is 328 g/mol. The maximum atomic E-state index is 12.7. The SMILES string of the molecule is Cc1ccoc1CN(C)C(C)C(=O)Nc1c(C)cccc1C(C)C. The second kappa shape index (κ2) is 7.67. The molecule has 1 unspecified atom stereocenters. The van der Waals surface area contributed by atoms with Gasteiger partial charge >= 0.3 is 0 Å². The minimum absolute atomic E-state index is 0.00194. The molecule has 0 aliphatic carbocycles. The summed E-state index contributed by atoms with van der Waals surface area (Å²) < 4.78 is 5.48. The van der Waals surface area contributed by atoms with Crippen molar-refractivity contribution in [2.75, 3.05) is 12.4 Å². The van der Waals surface area contributed by atoms with E-state index in [0.717, 1.165) is 22.6 Å². The zero-order chi connectivity index (χ0) is 17.9. The van der Waals surface area contributed by atoms with E-state index < -0.39 is 0 Å². The number of amides is 1. The third-order valence-corrected chi connectivity index (χ3v) is 4.58. The van der Waals surface area contributed by atoms with Crippen molar-refractivity contribution in [2.45, 2.75) is 53.1 Å². The summed E-state index contributed by atoms with van der Waals surface area (Å²) in [5.41, 5.74) is 4.30. The van der Waals surface area contributed by atoms with Gasteiger partial charge in [-0.1, -0.05) is 32.0 Å². The first-order valence-corrected chi connectivity index (χ1v) is 8.44. The number of likely N-dealkylation sites (N-methyl/N-ethyl adjacent to an activating group) is 1. The summed E-state index contributed by atoms with van der Waals surface area (Å²) in [6.07, 6.45) is 1.69. The summed E-state index contributed by atoms with van der Waals surface area (Å²) in [5, 5.41) is 3.12. The average Bonchev–Trinajstić information content (AvgIpc) is 2.93. The number of hydrogen-bond acceptors (Lipinski definition) is 3. The lowest BCUT2D eigenvalue weighted by Gasteiger charge is -2.25. The van der Waals surface area contributed by atoms with Gasteiger partial charge in [-0.15, -0.1) is 0 Å². The van der Waals surface area contributed by atoms with E-state index in [9.17, 15) is 4.79 Å². The number of anilines is 1. The molecule has 0 radical (unpaired) electrons. The molecule has 4 heteroatoms. The maximum Gasteiger partial charge on any atom is 0.241 e. The molecule has 0 saturated heterocycles. The minimum atomic E-state index is -0.255. The highest BCUT2D eigenvalue weighted by molar-refractivity contribution is 5.96. The van der Waals surface area contributed by atoms with Crippen LogP contribution < -0.4 is 5.32 Å². The first-order chi connectivity index (χ1) is 11.3. The molecule has 2 aromatic rings. The van der Waals surface area contributed by atoms with Gasteiger partial charge in [0.1, 0.15) is 5.76 Å². The highest BCUT2D eigenvalue weighted by atomic mass is 16.3. The van der Waals surface area contributed by atoms with Crippen LogP contribution in [0.25, 0.3) is 0 Å². The Morgan fingerprint density at radius 3 is 2.46 bits per heavy atom. The van der Waals surface area contributed by atoms with Gasteiger partial charge in [0, 0.05) is 5.69 Å². The second-order valence-electron chi connectivity index (χ2n) is 6.80. The molecule has 2 rings (SSSR count). The molecule has 1 atom stereocenters. The first kappa shape index (κ1) is 18.3. The van der Waals surface area contributed by atoms with Crippen LogP contribution in [0.3, 0.4) is 0 Å². The molecular formula is C20H28N2O2. The van der Waals surface area contributed by atoms with Crippen molar-refractivity contribution in [1.29, 1.82) is 0 Å². The highest BCUT2D eigenvalue weighted by Gasteiger charge is 2.21. The molecule has 1 heterocycles. The van der Waals surface area contributed by atoms with Crippen molar-refractivity contribution in [1.82, 2.24) is 4.90 Å². The van der Waals surface area contributed by atoms with E-state index in [1.54, 1.807) is 6.26 Å². The van der Waals surface area contributed by atoms with Crippen LogP contribution in [-0.4, -0.2) is 23.9 Å². The van der Waals surface area contributed by atoms with Gasteiger partial charge in [0.05, 0.1) is 18.8 Å². The molecule has 0 fully saturated rings. The van der Waals surface area contributed by atoms with Gasteiger partial charge in [-0.3, -0.25) is 9.69 Å². The van der Waals surface area contributed by atoms with Crippen LogP contribution in [0.2, 0.25) is 0 Å². The number of carbonyl (C=O) groups excluding carboxylic acids is 1. The lowest BCUT2D eigenvalue weighted by Crippen LogP contribution is -2.39. The van der Waals surface area contributed by atoms with Gasteiger partial charge in [0.25, 0.3) is 0 Å². The number of nitrogens with zero attached hydrogens (tertiary/aromatic N) is 1. The van der Waals surface area contributed by atoms with Gasteiger partial charge in [-0.25, -0.2) is 0 Å².